The third kappa shape index (κ3) is 2.85. The molecule has 0 saturated carbocycles. The summed E-state index contributed by atoms with van der Waals surface area (Å²) in [6.07, 6.45) is 3.06. The Balaban J connectivity index is 1.77. The molecule has 0 saturated heterocycles. The Morgan fingerprint density at radius 2 is 1.93 bits per heavy atom. The van der Waals surface area contributed by atoms with Gasteiger partial charge in [-0.25, -0.2) is 9.78 Å². The largest absolute Gasteiger partial charge is 0.467 e. The maximum Gasteiger partial charge on any atom is 0.332 e. The summed E-state index contributed by atoms with van der Waals surface area (Å²) in [5.74, 6) is 0.665. The summed E-state index contributed by atoms with van der Waals surface area (Å²) in [5.41, 5.74) is 1.89. The molecule has 156 valence electrons. The first kappa shape index (κ1) is 19.7. The Morgan fingerprint density at radius 3 is 2.60 bits per heavy atom. The third-order valence-electron chi connectivity index (χ3n) is 5.70. The van der Waals surface area contributed by atoms with Crippen LogP contribution in [0.4, 0.5) is 0 Å². The van der Waals surface area contributed by atoms with Crippen LogP contribution in [0, 0.1) is 13.8 Å². The summed E-state index contributed by atoms with van der Waals surface area (Å²) in [5, 5.41) is 0. The van der Waals surface area contributed by atoms with Gasteiger partial charge in [-0.1, -0.05) is 0 Å². The molecule has 30 heavy (non-hydrogen) atoms. The number of hydrogen-bond acceptors (Lipinski definition) is 5. The highest BCUT2D eigenvalue weighted by atomic mass is 16.3. The van der Waals surface area contributed by atoms with Crippen molar-refractivity contribution >= 4 is 16.9 Å². The van der Waals surface area contributed by atoms with Gasteiger partial charge in [0.2, 0.25) is 0 Å². The van der Waals surface area contributed by atoms with Crippen LogP contribution in [0.25, 0.3) is 11.2 Å². The summed E-state index contributed by atoms with van der Waals surface area (Å²) >= 11 is 0. The molecule has 0 aliphatic rings. The maximum absolute atomic E-state index is 13.4. The van der Waals surface area contributed by atoms with E-state index in [1.54, 1.807) is 20.2 Å². The second kappa shape index (κ2) is 7.01. The van der Waals surface area contributed by atoms with E-state index in [0.717, 1.165) is 21.7 Å². The number of carbonyl (C=O) groups is 1. The van der Waals surface area contributed by atoms with E-state index in [4.69, 9.17) is 4.42 Å². The van der Waals surface area contributed by atoms with E-state index in [9.17, 15) is 14.4 Å². The lowest BCUT2D eigenvalue weighted by molar-refractivity contribution is 0.0936. The van der Waals surface area contributed by atoms with Crippen molar-refractivity contribution in [2.45, 2.75) is 33.4 Å². The van der Waals surface area contributed by atoms with Crippen LogP contribution >= 0.6 is 0 Å². The van der Waals surface area contributed by atoms with Crippen molar-refractivity contribution in [3.8, 4) is 0 Å². The molecule has 9 nitrogen and oxygen atoms in total. The number of rotatable bonds is 5. The van der Waals surface area contributed by atoms with Crippen LogP contribution in [0.5, 0.6) is 0 Å². The van der Waals surface area contributed by atoms with Crippen molar-refractivity contribution in [1.29, 1.82) is 0 Å². The van der Waals surface area contributed by atoms with Gasteiger partial charge in [0.05, 0.1) is 25.2 Å². The van der Waals surface area contributed by atoms with E-state index < -0.39 is 17.3 Å². The first-order valence-corrected chi connectivity index (χ1v) is 9.58. The van der Waals surface area contributed by atoms with Crippen LogP contribution in [0.3, 0.4) is 0 Å². The van der Waals surface area contributed by atoms with Crippen LogP contribution in [-0.2, 0) is 20.6 Å². The Bertz CT molecular complexity index is 1380. The molecular weight excluding hydrogens is 386 g/mol. The fourth-order valence-corrected chi connectivity index (χ4v) is 3.86. The second-order valence-corrected chi connectivity index (χ2v) is 7.52. The minimum atomic E-state index is -0.669. The van der Waals surface area contributed by atoms with E-state index in [1.165, 1.54) is 22.5 Å². The summed E-state index contributed by atoms with van der Waals surface area (Å²) in [6, 6.07) is 4.90. The summed E-state index contributed by atoms with van der Waals surface area (Å²) in [7, 11) is 2.96. The highest BCUT2D eigenvalue weighted by Crippen LogP contribution is 2.24. The number of fused-ring (bicyclic) bond motifs is 1. The molecule has 0 unspecified atom stereocenters. The average Bonchev–Trinajstić information content (AvgIpc) is 3.45. The quantitative estimate of drug-likeness (QED) is 0.469. The van der Waals surface area contributed by atoms with Crippen molar-refractivity contribution in [3.05, 3.63) is 74.3 Å². The van der Waals surface area contributed by atoms with Gasteiger partial charge in [0, 0.05) is 31.0 Å². The molecule has 0 aliphatic heterocycles. The molecule has 4 rings (SSSR count). The van der Waals surface area contributed by atoms with Crippen LogP contribution < -0.4 is 11.2 Å². The number of nitrogens with zero attached hydrogens (tertiary/aromatic N) is 5. The molecule has 0 aliphatic carbocycles. The second-order valence-electron chi connectivity index (χ2n) is 7.52. The van der Waals surface area contributed by atoms with Crippen molar-refractivity contribution in [2.75, 3.05) is 0 Å². The smallest absolute Gasteiger partial charge is 0.332 e. The molecule has 0 aromatic carbocycles. The van der Waals surface area contributed by atoms with Crippen LogP contribution in [0.2, 0.25) is 0 Å². The molecule has 0 amide bonds. The number of carbonyl (C=O) groups excluding carboxylic acids is 1. The zero-order chi connectivity index (χ0) is 21.7. The summed E-state index contributed by atoms with van der Waals surface area (Å²) in [4.78, 5) is 42.4. The molecule has 0 fully saturated rings. The van der Waals surface area contributed by atoms with Gasteiger partial charge in [-0.2, -0.15) is 0 Å². The van der Waals surface area contributed by atoms with Gasteiger partial charge in [-0.15, -0.1) is 0 Å². The van der Waals surface area contributed by atoms with Gasteiger partial charge in [-0.05, 0) is 39.0 Å². The molecule has 1 atom stereocenters. The first-order valence-electron chi connectivity index (χ1n) is 9.58. The maximum atomic E-state index is 13.4. The zero-order valence-corrected chi connectivity index (χ0v) is 17.5. The van der Waals surface area contributed by atoms with Crippen LogP contribution in [0.1, 0.15) is 40.5 Å². The number of ketones is 1. The number of aryl methyl sites for hydroxylation is 2. The lowest BCUT2D eigenvalue weighted by Crippen LogP contribution is -2.38. The summed E-state index contributed by atoms with van der Waals surface area (Å²) < 4.78 is 11.3. The Hall–Kier alpha value is -3.62. The van der Waals surface area contributed by atoms with E-state index in [1.807, 2.05) is 36.6 Å². The number of aromatic nitrogens is 5. The van der Waals surface area contributed by atoms with E-state index >= 15 is 0 Å². The van der Waals surface area contributed by atoms with Crippen molar-refractivity contribution in [1.82, 2.24) is 23.3 Å². The van der Waals surface area contributed by atoms with Crippen LogP contribution in [-0.4, -0.2) is 29.0 Å². The molecule has 4 aromatic rings. The minimum absolute atomic E-state index is 0.135. The fraction of sp³-hybridized carbons (Fsp3) is 0.333. The number of imidazole rings is 1. The van der Waals surface area contributed by atoms with E-state index in [2.05, 4.69) is 4.98 Å². The van der Waals surface area contributed by atoms with Crippen LogP contribution in [0.15, 0.2) is 44.8 Å². The average molecular weight is 409 g/mol. The molecule has 0 radical (unpaired) electrons. The highest BCUT2D eigenvalue weighted by Gasteiger charge is 2.25. The first-order chi connectivity index (χ1) is 14.2. The SMILES string of the molecule is Cc1cc(C(=O)[C@@H](C)n2cnc3c2c(=O)n(C)c(=O)n3C)c(C)n1Cc1ccco1. The van der Waals surface area contributed by atoms with Gasteiger partial charge in [0.1, 0.15) is 5.76 Å². The van der Waals surface area contributed by atoms with E-state index in [0.29, 0.717) is 12.1 Å². The van der Waals surface area contributed by atoms with Gasteiger partial charge in [0.25, 0.3) is 5.56 Å². The monoisotopic (exact) mass is 409 g/mol. The van der Waals surface area contributed by atoms with Crippen molar-refractivity contribution < 1.29 is 9.21 Å². The van der Waals surface area contributed by atoms with Gasteiger partial charge in [-0.3, -0.25) is 18.7 Å². The molecule has 0 N–H and O–H groups in total. The lowest BCUT2D eigenvalue weighted by atomic mass is 10.1. The number of Topliss-reactive ketones (excluding diaryl/α,β-unsaturated/α-hetero) is 1. The topological polar surface area (TPSA) is 97.0 Å². The Morgan fingerprint density at radius 1 is 1.20 bits per heavy atom. The number of hydrogen-bond donors (Lipinski definition) is 0. The number of furan rings is 1. The standard InChI is InChI=1S/C21H23N5O4/c1-12-9-16(13(2)25(12)10-15-7-6-8-30-15)18(27)14(3)26-11-22-19-17(26)20(28)24(5)21(29)23(19)4/h6-9,11,14H,10H2,1-5H3/t14-/m1/s1. The molecule has 4 heterocycles. The zero-order valence-electron chi connectivity index (χ0n) is 17.5. The van der Waals surface area contributed by atoms with Gasteiger partial charge in [0.15, 0.2) is 16.9 Å². The lowest BCUT2D eigenvalue weighted by Gasteiger charge is -2.14. The molecule has 9 heteroatoms. The van der Waals surface area contributed by atoms with Gasteiger partial charge < -0.3 is 13.6 Å². The Labute approximate surface area is 171 Å². The Kier molecular flexibility index (Phi) is 4.60. The third-order valence-corrected chi connectivity index (χ3v) is 5.70. The summed E-state index contributed by atoms with van der Waals surface area (Å²) in [6.45, 7) is 6.09. The minimum Gasteiger partial charge on any atom is -0.467 e. The fourth-order valence-electron chi connectivity index (χ4n) is 3.86. The molecule has 4 aromatic heterocycles. The molecule has 0 bridgehead atoms. The highest BCUT2D eigenvalue weighted by molar-refractivity contribution is 6.00. The van der Waals surface area contributed by atoms with Crippen molar-refractivity contribution in [2.24, 2.45) is 14.1 Å². The van der Waals surface area contributed by atoms with E-state index in [-0.39, 0.29) is 16.9 Å². The predicted octanol–water partition coefficient (Wildman–Crippen LogP) is 1.94. The van der Waals surface area contributed by atoms with Gasteiger partial charge >= 0.3 is 5.69 Å². The molecular formula is C21H23N5O4. The van der Waals surface area contributed by atoms with Crippen molar-refractivity contribution in [3.63, 3.8) is 0 Å². The molecule has 0 spiro atoms. The normalized spacial score (nSPS) is 12.6. The predicted molar refractivity (Wildman–Crippen MR) is 111 cm³/mol.